The Balaban J connectivity index is 2.68. The molecule has 0 aromatic heterocycles. The van der Waals surface area contributed by atoms with Gasteiger partial charge < -0.3 is 11.1 Å². The second-order valence-electron chi connectivity index (χ2n) is 3.97. The van der Waals surface area contributed by atoms with E-state index in [2.05, 4.69) is 19.2 Å². The maximum atomic E-state index is 6.02. The maximum absolute atomic E-state index is 6.02. The molecule has 1 aromatic carbocycles. The molecule has 0 aliphatic heterocycles. The van der Waals surface area contributed by atoms with E-state index in [1.807, 2.05) is 0 Å². The second kappa shape index (κ2) is 5.47. The van der Waals surface area contributed by atoms with Gasteiger partial charge in [-0.25, -0.2) is 0 Å². The first-order valence-electron chi connectivity index (χ1n) is 4.99. The molecule has 0 saturated heterocycles. The molecular formula is C11H16Cl2N2. The number of benzene rings is 1. The van der Waals surface area contributed by atoms with Gasteiger partial charge in [-0.1, -0.05) is 37.0 Å². The zero-order valence-corrected chi connectivity index (χ0v) is 10.5. The van der Waals surface area contributed by atoms with Gasteiger partial charge in [0.2, 0.25) is 0 Å². The Bertz CT molecular complexity index is 314. The van der Waals surface area contributed by atoms with Crippen molar-refractivity contribution in [1.29, 1.82) is 0 Å². The summed E-state index contributed by atoms with van der Waals surface area (Å²) in [6.07, 6.45) is 1.08. The highest BCUT2D eigenvalue weighted by atomic mass is 35.5. The smallest absolute Gasteiger partial charge is 0.0720 e. The maximum Gasteiger partial charge on any atom is 0.0720 e. The third-order valence-electron chi connectivity index (χ3n) is 2.09. The van der Waals surface area contributed by atoms with Crippen LogP contribution in [-0.2, 0) is 0 Å². The lowest BCUT2D eigenvalue weighted by atomic mass is 10.1. The molecule has 0 amide bonds. The number of hydrogen-bond acceptors (Lipinski definition) is 2. The Morgan fingerprint density at radius 1 is 1.27 bits per heavy atom. The topological polar surface area (TPSA) is 38.0 Å². The van der Waals surface area contributed by atoms with Crippen LogP contribution < -0.4 is 11.1 Å². The summed E-state index contributed by atoms with van der Waals surface area (Å²) in [4.78, 5) is 0. The summed E-state index contributed by atoms with van der Waals surface area (Å²) in [5.74, 6) is 0.656. The van der Waals surface area contributed by atoms with Crippen molar-refractivity contribution in [3.8, 4) is 0 Å². The predicted octanol–water partition coefficient (Wildman–Crippen LogP) is 4.03. The van der Waals surface area contributed by atoms with Crippen molar-refractivity contribution in [2.45, 2.75) is 20.3 Å². The Morgan fingerprint density at radius 3 is 2.27 bits per heavy atom. The van der Waals surface area contributed by atoms with Crippen LogP contribution in [0.4, 0.5) is 11.4 Å². The Hall–Kier alpha value is -0.600. The minimum atomic E-state index is 0.573. The van der Waals surface area contributed by atoms with Crippen molar-refractivity contribution in [2.75, 3.05) is 17.6 Å². The summed E-state index contributed by atoms with van der Waals surface area (Å²) in [5, 5.41) is 4.37. The monoisotopic (exact) mass is 246 g/mol. The standard InChI is InChI=1S/C11H16Cl2N2/c1-7(2)3-4-15-11-9(12)5-8(14)6-10(11)13/h5-7,15H,3-4,14H2,1-2H3. The molecule has 0 aliphatic carbocycles. The molecule has 1 aromatic rings. The quantitative estimate of drug-likeness (QED) is 0.788. The highest BCUT2D eigenvalue weighted by molar-refractivity contribution is 6.39. The average Bonchev–Trinajstić information content (AvgIpc) is 2.08. The summed E-state index contributed by atoms with van der Waals surface area (Å²) in [6, 6.07) is 3.40. The van der Waals surface area contributed by atoms with E-state index >= 15 is 0 Å². The van der Waals surface area contributed by atoms with Crippen LogP contribution in [0.1, 0.15) is 20.3 Å². The SMILES string of the molecule is CC(C)CCNc1c(Cl)cc(N)cc1Cl. The highest BCUT2D eigenvalue weighted by Gasteiger charge is 2.06. The summed E-state index contributed by atoms with van der Waals surface area (Å²) in [5.41, 5.74) is 6.96. The van der Waals surface area contributed by atoms with E-state index in [0.717, 1.165) is 18.7 Å². The van der Waals surface area contributed by atoms with Crippen LogP contribution in [0.5, 0.6) is 0 Å². The number of nitrogens with two attached hydrogens (primary N) is 1. The fraction of sp³-hybridized carbons (Fsp3) is 0.455. The van der Waals surface area contributed by atoms with Crippen LogP contribution in [0.2, 0.25) is 10.0 Å². The van der Waals surface area contributed by atoms with Crippen LogP contribution >= 0.6 is 23.2 Å². The van der Waals surface area contributed by atoms with Gasteiger partial charge in [0.25, 0.3) is 0 Å². The molecule has 0 aliphatic rings. The Morgan fingerprint density at radius 2 is 1.80 bits per heavy atom. The normalized spacial score (nSPS) is 10.7. The van der Waals surface area contributed by atoms with Crippen LogP contribution in [0.25, 0.3) is 0 Å². The van der Waals surface area contributed by atoms with Crippen LogP contribution in [0, 0.1) is 5.92 Å². The molecule has 0 unspecified atom stereocenters. The summed E-state index contributed by atoms with van der Waals surface area (Å²) >= 11 is 12.0. The number of halogens is 2. The fourth-order valence-electron chi connectivity index (χ4n) is 1.25. The van der Waals surface area contributed by atoms with Gasteiger partial charge in [0.05, 0.1) is 15.7 Å². The van der Waals surface area contributed by atoms with Gasteiger partial charge in [-0.2, -0.15) is 0 Å². The molecule has 4 heteroatoms. The molecule has 0 heterocycles. The van der Waals surface area contributed by atoms with Gasteiger partial charge in [0.15, 0.2) is 0 Å². The molecule has 0 atom stereocenters. The van der Waals surface area contributed by atoms with Crippen LogP contribution in [0.3, 0.4) is 0 Å². The van der Waals surface area contributed by atoms with Gasteiger partial charge in [0.1, 0.15) is 0 Å². The zero-order chi connectivity index (χ0) is 11.4. The zero-order valence-electron chi connectivity index (χ0n) is 8.98. The van der Waals surface area contributed by atoms with E-state index in [4.69, 9.17) is 28.9 Å². The third-order valence-corrected chi connectivity index (χ3v) is 2.68. The van der Waals surface area contributed by atoms with Gasteiger partial charge in [-0.15, -0.1) is 0 Å². The molecule has 0 saturated carbocycles. The minimum absolute atomic E-state index is 0.573. The lowest BCUT2D eigenvalue weighted by Gasteiger charge is -2.12. The van der Waals surface area contributed by atoms with Crippen molar-refractivity contribution in [3.05, 3.63) is 22.2 Å². The van der Waals surface area contributed by atoms with Gasteiger partial charge in [-0.3, -0.25) is 0 Å². The first-order valence-corrected chi connectivity index (χ1v) is 5.74. The van der Waals surface area contributed by atoms with Crippen LogP contribution in [-0.4, -0.2) is 6.54 Å². The average molecular weight is 247 g/mol. The van der Waals surface area contributed by atoms with E-state index in [0.29, 0.717) is 21.7 Å². The lowest BCUT2D eigenvalue weighted by Crippen LogP contribution is -2.05. The van der Waals surface area contributed by atoms with Gasteiger partial charge >= 0.3 is 0 Å². The van der Waals surface area contributed by atoms with Crippen molar-refractivity contribution in [3.63, 3.8) is 0 Å². The molecule has 1 rings (SSSR count). The van der Waals surface area contributed by atoms with Crippen molar-refractivity contribution in [2.24, 2.45) is 5.92 Å². The fourth-order valence-corrected chi connectivity index (χ4v) is 1.89. The summed E-state index contributed by atoms with van der Waals surface area (Å²) in [7, 11) is 0. The lowest BCUT2D eigenvalue weighted by molar-refractivity contribution is 0.607. The van der Waals surface area contributed by atoms with E-state index in [1.54, 1.807) is 12.1 Å². The molecular weight excluding hydrogens is 231 g/mol. The highest BCUT2D eigenvalue weighted by Crippen LogP contribution is 2.32. The predicted molar refractivity (Wildman–Crippen MR) is 68.8 cm³/mol. The van der Waals surface area contributed by atoms with E-state index < -0.39 is 0 Å². The second-order valence-corrected chi connectivity index (χ2v) is 4.78. The molecule has 2 nitrogen and oxygen atoms in total. The number of hydrogen-bond donors (Lipinski definition) is 2. The molecule has 3 N–H and O–H groups in total. The number of rotatable bonds is 4. The molecule has 15 heavy (non-hydrogen) atoms. The first kappa shape index (κ1) is 12.5. The largest absolute Gasteiger partial charge is 0.399 e. The van der Waals surface area contributed by atoms with Gasteiger partial charge in [0, 0.05) is 12.2 Å². The van der Waals surface area contributed by atoms with E-state index in [-0.39, 0.29) is 0 Å². The summed E-state index contributed by atoms with van der Waals surface area (Å²) < 4.78 is 0. The van der Waals surface area contributed by atoms with Gasteiger partial charge in [-0.05, 0) is 24.5 Å². The van der Waals surface area contributed by atoms with Crippen molar-refractivity contribution < 1.29 is 0 Å². The Kier molecular flexibility index (Phi) is 4.55. The molecule has 0 radical (unpaired) electrons. The third kappa shape index (κ3) is 3.80. The van der Waals surface area contributed by atoms with Crippen molar-refractivity contribution in [1.82, 2.24) is 0 Å². The molecule has 0 spiro atoms. The summed E-state index contributed by atoms with van der Waals surface area (Å²) in [6.45, 7) is 5.21. The first-order chi connectivity index (χ1) is 7.00. The van der Waals surface area contributed by atoms with Crippen molar-refractivity contribution >= 4 is 34.6 Å². The molecule has 0 fully saturated rings. The number of nitrogens with one attached hydrogen (secondary N) is 1. The van der Waals surface area contributed by atoms with Crippen LogP contribution in [0.15, 0.2) is 12.1 Å². The number of anilines is 2. The Labute approximate surface area is 101 Å². The number of nitrogen functional groups attached to an aromatic ring is 1. The molecule has 84 valence electrons. The van der Waals surface area contributed by atoms with E-state index in [1.165, 1.54) is 0 Å². The van der Waals surface area contributed by atoms with E-state index in [9.17, 15) is 0 Å². The minimum Gasteiger partial charge on any atom is -0.399 e. The molecule has 0 bridgehead atoms.